The Kier molecular flexibility index (Phi) is 2.19. The molecular weight excluding hydrogens is 154 g/mol. The van der Waals surface area contributed by atoms with Gasteiger partial charge < -0.3 is 5.32 Å². The number of rotatable bonds is 1. The van der Waals surface area contributed by atoms with Crippen molar-refractivity contribution < 1.29 is 4.79 Å². The van der Waals surface area contributed by atoms with Crippen LogP contribution in [0.5, 0.6) is 0 Å². The first-order valence-corrected chi connectivity index (χ1v) is 3.44. The van der Waals surface area contributed by atoms with Gasteiger partial charge in [-0.1, -0.05) is 0 Å². The van der Waals surface area contributed by atoms with Gasteiger partial charge in [-0.2, -0.15) is 0 Å². The molecule has 1 rings (SSSR count). The van der Waals surface area contributed by atoms with Crippen LogP contribution in [-0.4, -0.2) is 17.3 Å². The van der Waals surface area contributed by atoms with Crippen LogP contribution in [0.25, 0.3) is 0 Å². The molecule has 1 aliphatic carbocycles. The van der Waals surface area contributed by atoms with E-state index in [0.717, 1.165) is 0 Å². The fourth-order valence-electron chi connectivity index (χ4n) is 0.825. The third-order valence-electron chi connectivity index (χ3n) is 1.34. The first-order valence-electron chi connectivity index (χ1n) is 3.44. The van der Waals surface area contributed by atoms with Gasteiger partial charge in [-0.05, 0) is 18.2 Å². The van der Waals surface area contributed by atoms with E-state index in [1.165, 1.54) is 19.1 Å². The van der Waals surface area contributed by atoms with Gasteiger partial charge in [0, 0.05) is 12.6 Å². The zero-order valence-corrected chi connectivity index (χ0v) is 6.64. The predicted octanol–water partition coefficient (Wildman–Crippen LogP) is 0.616. The zero-order valence-electron chi connectivity index (χ0n) is 6.64. The van der Waals surface area contributed by atoms with E-state index in [0.29, 0.717) is 5.70 Å². The maximum Gasteiger partial charge on any atom is 0.221 e. The monoisotopic (exact) mass is 163 g/mol. The molecule has 0 spiro atoms. The summed E-state index contributed by atoms with van der Waals surface area (Å²) in [5.74, 6) is -0.174. The molecule has 4 heteroatoms. The fraction of sp³-hybridized carbons (Fsp3) is 0.125. The van der Waals surface area contributed by atoms with Gasteiger partial charge >= 0.3 is 0 Å². The third kappa shape index (κ3) is 1.88. The number of carbonyl (C=O) groups excluding carboxylic acids is 1. The summed E-state index contributed by atoms with van der Waals surface area (Å²) in [5, 5.41) is 17.0. The molecule has 0 radical (unpaired) electrons. The van der Waals surface area contributed by atoms with Gasteiger partial charge in [0.25, 0.3) is 0 Å². The molecule has 0 aromatic heterocycles. The summed E-state index contributed by atoms with van der Waals surface area (Å²) >= 11 is 0. The molecule has 0 saturated heterocycles. The van der Waals surface area contributed by atoms with Crippen molar-refractivity contribution in [1.29, 1.82) is 10.8 Å². The second kappa shape index (κ2) is 3.13. The minimum absolute atomic E-state index is 0.112. The van der Waals surface area contributed by atoms with E-state index in [4.69, 9.17) is 10.8 Å². The lowest BCUT2D eigenvalue weighted by Gasteiger charge is -2.07. The van der Waals surface area contributed by atoms with Crippen LogP contribution < -0.4 is 5.32 Å². The minimum Gasteiger partial charge on any atom is -0.326 e. The molecule has 0 aromatic rings. The normalized spacial score (nSPS) is 15.9. The molecule has 12 heavy (non-hydrogen) atoms. The highest BCUT2D eigenvalue weighted by molar-refractivity contribution is 6.49. The Balaban J connectivity index is 2.76. The second-order valence-corrected chi connectivity index (χ2v) is 2.44. The molecule has 62 valence electrons. The van der Waals surface area contributed by atoms with Crippen molar-refractivity contribution in [3.63, 3.8) is 0 Å². The van der Waals surface area contributed by atoms with Gasteiger partial charge in [0.2, 0.25) is 5.91 Å². The molecule has 0 atom stereocenters. The van der Waals surface area contributed by atoms with Crippen molar-refractivity contribution in [2.24, 2.45) is 0 Å². The van der Waals surface area contributed by atoms with Crippen molar-refractivity contribution in [3.05, 3.63) is 23.9 Å². The Bertz CT molecular complexity index is 312. The molecule has 4 nitrogen and oxygen atoms in total. The van der Waals surface area contributed by atoms with Gasteiger partial charge in [-0.3, -0.25) is 15.6 Å². The summed E-state index contributed by atoms with van der Waals surface area (Å²) in [5.41, 5.74) is 0.828. The van der Waals surface area contributed by atoms with Crippen LogP contribution in [-0.2, 0) is 4.79 Å². The minimum atomic E-state index is -0.174. The number of hydrogen-bond donors (Lipinski definition) is 3. The highest BCUT2D eigenvalue weighted by Gasteiger charge is 2.06. The zero-order chi connectivity index (χ0) is 9.14. The smallest absolute Gasteiger partial charge is 0.221 e. The SMILES string of the molecule is CC(=O)NC1=CC(=N)C(=N)C=C1. The summed E-state index contributed by atoms with van der Waals surface area (Å²) < 4.78 is 0. The van der Waals surface area contributed by atoms with E-state index in [9.17, 15) is 4.79 Å². The van der Waals surface area contributed by atoms with Crippen molar-refractivity contribution >= 4 is 17.3 Å². The van der Waals surface area contributed by atoms with Crippen molar-refractivity contribution in [2.45, 2.75) is 6.92 Å². The van der Waals surface area contributed by atoms with E-state index in [1.54, 1.807) is 6.08 Å². The van der Waals surface area contributed by atoms with E-state index in [2.05, 4.69) is 5.32 Å². The van der Waals surface area contributed by atoms with Crippen LogP contribution in [0.1, 0.15) is 6.92 Å². The second-order valence-electron chi connectivity index (χ2n) is 2.44. The Hall–Kier alpha value is -1.71. The quantitative estimate of drug-likeness (QED) is 0.487. The molecule has 1 amide bonds. The van der Waals surface area contributed by atoms with E-state index < -0.39 is 0 Å². The van der Waals surface area contributed by atoms with Crippen LogP contribution in [0.2, 0.25) is 0 Å². The largest absolute Gasteiger partial charge is 0.326 e. The van der Waals surface area contributed by atoms with Gasteiger partial charge in [-0.15, -0.1) is 0 Å². The van der Waals surface area contributed by atoms with Crippen molar-refractivity contribution in [1.82, 2.24) is 5.32 Å². The topological polar surface area (TPSA) is 76.8 Å². The molecular formula is C8H9N3O. The molecule has 0 aromatic carbocycles. The molecule has 0 saturated carbocycles. The Morgan fingerprint density at radius 2 is 2.00 bits per heavy atom. The Morgan fingerprint density at radius 1 is 1.33 bits per heavy atom. The lowest BCUT2D eigenvalue weighted by molar-refractivity contribution is -0.118. The molecule has 0 aliphatic heterocycles. The number of allylic oxidation sites excluding steroid dienone is 3. The average molecular weight is 163 g/mol. The van der Waals surface area contributed by atoms with Crippen LogP contribution in [0.3, 0.4) is 0 Å². The molecule has 0 unspecified atom stereocenters. The fourth-order valence-corrected chi connectivity index (χ4v) is 0.825. The van der Waals surface area contributed by atoms with Crippen LogP contribution in [0, 0.1) is 10.8 Å². The van der Waals surface area contributed by atoms with Crippen LogP contribution in [0.4, 0.5) is 0 Å². The van der Waals surface area contributed by atoms with Gasteiger partial charge in [0.05, 0.1) is 11.4 Å². The van der Waals surface area contributed by atoms with Crippen molar-refractivity contribution in [2.75, 3.05) is 0 Å². The highest BCUT2D eigenvalue weighted by atomic mass is 16.1. The number of carbonyl (C=O) groups is 1. The molecule has 0 fully saturated rings. The van der Waals surface area contributed by atoms with Gasteiger partial charge in [0.15, 0.2) is 0 Å². The number of amides is 1. The number of nitrogens with one attached hydrogen (secondary N) is 3. The Morgan fingerprint density at radius 3 is 2.50 bits per heavy atom. The Labute approximate surface area is 70.0 Å². The summed E-state index contributed by atoms with van der Waals surface area (Å²) in [6.45, 7) is 1.40. The predicted molar refractivity (Wildman–Crippen MR) is 46.5 cm³/mol. The lowest BCUT2D eigenvalue weighted by atomic mass is 10.1. The molecule has 1 aliphatic rings. The van der Waals surface area contributed by atoms with E-state index in [-0.39, 0.29) is 17.3 Å². The highest BCUT2D eigenvalue weighted by Crippen LogP contribution is 2.01. The average Bonchev–Trinajstić information content (AvgIpc) is 1.96. The van der Waals surface area contributed by atoms with E-state index in [1.807, 2.05) is 0 Å². The summed E-state index contributed by atoms with van der Waals surface area (Å²) in [7, 11) is 0. The lowest BCUT2D eigenvalue weighted by Crippen LogP contribution is -2.22. The summed E-state index contributed by atoms with van der Waals surface area (Å²) in [4.78, 5) is 10.6. The van der Waals surface area contributed by atoms with Gasteiger partial charge in [0.1, 0.15) is 0 Å². The standard InChI is InChI=1S/C8H9N3O/c1-5(12)11-6-2-3-7(9)8(10)4-6/h2-4,9-10H,1H3,(H,11,12). The third-order valence-corrected chi connectivity index (χ3v) is 1.34. The first-order chi connectivity index (χ1) is 5.59. The van der Waals surface area contributed by atoms with Crippen LogP contribution >= 0.6 is 0 Å². The van der Waals surface area contributed by atoms with E-state index >= 15 is 0 Å². The first kappa shape index (κ1) is 8.39. The van der Waals surface area contributed by atoms with Gasteiger partial charge in [-0.25, -0.2) is 0 Å². The van der Waals surface area contributed by atoms with Crippen molar-refractivity contribution in [3.8, 4) is 0 Å². The number of hydrogen-bond acceptors (Lipinski definition) is 3. The maximum atomic E-state index is 10.6. The maximum absolute atomic E-state index is 10.6. The molecule has 0 bridgehead atoms. The summed E-state index contributed by atoms with van der Waals surface area (Å²) in [6, 6.07) is 0. The molecule has 0 heterocycles. The van der Waals surface area contributed by atoms with Crippen LogP contribution in [0.15, 0.2) is 23.9 Å². The molecule has 3 N–H and O–H groups in total. The summed E-state index contributed by atoms with van der Waals surface area (Å²) in [6.07, 6.45) is 4.53.